The highest BCUT2D eigenvalue weighted by atomic mass is 19.4. The summed E-state index contributed by atoms with van der Waals surface area (Å²) in [5.41, 5.74) is -0.0355. The van der Waals surface area contributed by atoms with Crippen molar-refractivity contribution in [3.63, 3.8) is 0 Å². The van der Waals surface area contributed by atoms with E-state index in [-0.39, 0.29) is 12.1 Å². The Bertz CT molecular complexity index is 817. The van der Waals surface area contributed by atoms with Crippen LogP contribution < -0.4 is 9.64 Å². The first-order chi connectivity index (χ1) is 12.9. The lowest BCUT2D eigenvalue weighted by molar-refractivity contribution is -0.141. The van der Waals surface area contributed by atoms with Gasteiger partial charge in [0.15, 0.2) is 5.69 Å². The van der Waals surface area contributed by atoms with Gasteiger partial charge in [0.1, 0.15) is 17.7 Å². The zero-order valence-corrected chi connectivity index (χ0v) is 14.9. The molecule has 3 heterocycles. The van der Waals surface area contributed by atoms with Crippen molar-refractivity contribution in [2.75, 3.05) is 18.0 Å². The van der Waals surface area contributed by atoms with Crippen molar-refractivity contribution in [1.29, 1.82) is 0 Å². The van der Waals surface area contributed by atoms with E-state index in [1.54, 1.807) is 0 Å². The molecule has 2 fully saturated rings. The predicted molar refractivity (Wildman–Crippen MR) is 91.6 cm³/mol. The van der Waals surface area contributed by atoms with Gasteiger partial charge in [0.25, 0.3) is 0 Å². The Morgan fingerprint density at radius 2 is 1.81 bits per heavy atom. The van der Waals surface area contributed by atoms with E-state index in [0.29, 0.717) is 31.8 Å². The highest BCUT2D eigenvalue weighted by Gasteiger charge is 2.33. The second kappa shape index (κ2) is 6.94. The van der Waals surface area contributed by atoms with Crippen LogP contribution in [0.25, 0.3) is 0 Å². The fourth-order valence-corrected chi connectivity index (χ4v) is 3.17. The van der Waals surface area contributed by atoms with Crippen LogP contribution >= 0.6 is 0 Å². The molecule has 6 nitrogen and oxygen atoms in total. The van der Waals surface area contributed by atoms with Crippen molar-refractivity contribution in [3.8, 4) is 6.01 Å². The molecule has 9 heteroatoms. The van der Waals surface area contributed by atoms with Crippen molar-refractivity contribution < 1.29 is 17.9 Å². The highest BCUT2D eigenvalue weighted by Crippen LogP contribution is 2.38. The van der Waals surface area contributed by atoms with Crippen LogP contribution in [-0.2, 0) is 6.18 Å². The van der Waals surface area contributed by atoms with Crippen LogP contribution in [0.4, 0.5) is 19.0 Å². The van der Waals surface area contributed by atoms with Crippen molar-refractivity contribution in [3.05, 3.63) is 35.5 Å². The maximum atomic E-state index is 12.7. The minimum absolute atomic E-state index is 0.212. The highest BCUT2D eigenvalue weighted by molar-refractivity contribution is 5.41. The van der Waals surface area contributed by atoms with Gasteiger partial charge in [-0.2, -0.15) is 18.2 Å². The average molecular weight is 379 g/mol. The van der Waals surface area contributed by atoms with Crippen molar-refractivity contribution in [1.82, 2.24) is 19.9 Å². The number of anilines is 1. The Balaban J connectivity index is 1.38. The third-order valence-electron chi connectivity index (χ3n) is 4.76. The van der Waals surface area contributed by atoms with Crippen molar-refractivity contribution in [2.45, 2.75) is 50.8 Å². The minimum Gasteiger partial charge on any atom is -0.460 e. The molecule has 1 aliphatic carbocycles. The minimum atomic E-state index is -4.51. The first-order valence-corrected chi connectivity index (χ1v) is 9.06. The molecule has 2 aliphatic rings. The molecule has 0 N–H and O–H groups in total. The van der Waals surface area contributed by atoms with Crippen LogP contribution in [0.2, 0.25) is 0 Å². The van der Waals surface area contributed by atoms with E-state index in [9.17, 15) is 13.2 Å². The molecule has 0 radical (unpaired) electrons. The van der Waals surface area contributed by atoms with Crippen molar-refractivity contribution in [2.24, 2.45) is 0 Å². The van der Waals surface area contributed by atoms with Gasteiger partial charge in [-0.15, -0.1) is 0 Å². The maximum absolute atomic E-state index is 12.7. The van der Waals surface area contributed by atoms with Crippen molar-refractivity contribution >= 4 is 5.82 Å². The second-order valence-corrected chi connectivity index (χ2v) is 7.03. The smallest absolute Gasteiger partial charge is 0.433 e. The molecule has 1 saturated heterocycles. The fourth-order valence-electron chi connectivity index (χ4n) is 3.17. The fraction of sp³-hybridized carbons (Fsp3) is 0.556. The maximum Gasteiger partial charge on any atom is 0.433 e. The molecule has 144 valence electrons. The van der Waals surface area contributed by atoms with Crippen LogP contribution in [0.5, 0.6) is 6.01 Å². The summed E-state index contributed by atoms with van der Waals surface area (Å²) in [5, 5.41) is 0. The summed E-state index contributed by atoms with van der Waals surface area (Å²) in [4.78, 5) is 18.7. The second-order valence-electron chi connectivity index (χ2n) is 7.03. The van der Waals surface area contributed by atoms with Crippen LogP contribution in [0.15, 0.2) is 18.3 Å². The lowest BCUT2D eigenvalue weighted by Crippen LogP contribution is -2.39. The molecule has 0 amide bonds. The summed E-state index contributed by atoms with van der Waals surface area (Å²) in [6, 6.07) is 2.59. The summed E-state index contributed by atoms with van der Waals surface area (Å²) in [6.07, 6.45) is -0.0117. The van der Waals surface area contributed by atoms with E-state index >= 15 is 0 Å². The van der Waals surface area contributed by atoms with Gasteiger partial charge in [0.05, 0.1) is 0 Å². The van der Waals surface area contributed by atoms with E-state index in [4.69, 9.17) is 9.72 Å². The molecule has 0 atom stereocenters. The van der Waals surface area contributed by atoms with Crippen LogP contribution in [0.3, 0.4) is 0 Å². The number of alkyl halides is 3. The quantitative estimate of drug-likeness (QED) is 0.810. The summed E-state index contributed by atoms with van der Waals surface area (Å²) in [6.45, 7) is 3.40. The first-order valence-electron chi connectivity index (χ1n) is 9.06. The largest absolute Gasteiger partial charge is 0.460 e. The van der Waals surface area contributed by atoms with Crippen LogP contribution in [-0.4, -0.2) is 39.1 Å². The Labute approximate surface area is 154 Å². The third kappa shape index (κ3) is 4.28. The van der Waals surface area contributed by atoms with Gasteiger partial charge in [0, 0.05) is 49.8 Å². The lowest BCUT2D eigenvalue weighted by atomic mass is 10.1. The molecule has 0 aromatic carbocycles. The average Bonchev–Trinajstić information content (AvgIpc) is 3.47. The summed E-state index contributed by atoms with van der Waals surface area (Å²) in [7, 11) is 0. The van der Waals surface area contributed by atoms with E-state index in [2.05, 4.69) is 19.9 Å². The molecular weight excluding hydrogens is 359 g/mol. The summed E-state index contributed by atoms with van der Waals surface area (Å²) < 4.78 is 43.8. The molecule has 1 saturated carbocycles. The predicted octanol–water partition coefficient (Wildman–Crippen LogP) is 3.52. The first kappa shape index (κ1) is 17.9. The zero-order valence-electron chi connectivity index (χ0n) is 14.9. The Morgan fingerprint density at radius 1 is 1.07 bits per heavy atom. The van der Waals surface area contributed by atoms with Gasteiger partial charge in [0.2, 0.25) is 0 Å². The van der Waals surface area contributed by atoms with Gasteiger partial charge in [-0.25, -0.2) is 15.0 Å². The number of halogens is 3. The number of nitrogens with zero attached hydrogens (tertiary/aromatic N) is 5. The molecule has 1 aliphatic heterocycles. The third-order valence-corrected chi connectivity index (χ3v) is 4.76. The normalized spacial score (nSPS) is 18.6. The van der Waals surface area contributed by atoms with Gasteiger partial charge in [-0.3, -0.25) is 0 Å². The van der Waals surface area contributed by atoms with E-state index in [1.165, 1.54) is 0 Å². The topological polar surface area (TPSA) is 64.0 Å². The van der Waals surface area contributed by atoms with Crippen LogP contribution in [0, 0.1) is 6.92 Å². The number of hydrogen-bond acceptors (Lipinski definition) is 6. The molecule has 27 heavy (non-hydrogen) atoms. The summed E-state index contributed by atoms with van der Waals surface area (Å²) >= 11 is 0. The van der Waals surface area contributed by atoms with Gasteiger partial charge in [-0.1, -0.05) is 0 Å². The molecule has 4 rings (SSSR count). The Morgan fingerprint density at radius 3 is 2.48 bits per heavy atom. The molecule has 2 aromatic heterocycles. The van der Waals surface area contributed by atoms with E-state index < -0.39 is 11.9 Å². The molecular formula is C18H20F3N5O. The number of hydrogen-bond donors (Lipinski definition) is 0. The number of piperidine rings is 1. The number of aryl methyl sites for hydroxylation is 1. The van der Waals surface area contributed by atoms with Gasteiger partial charge >= 0.3 is 12.2 Å². The van der Waals surface area contributed by atoms with Gasteiger partial charge in [-0.05, 0) is 25.8 Å². The Kier molecular flexibility index (Phi) is 4.61. The zero-order chi connectivity index (χ0) is 19.0. The van der Waals surface area contributed by atoms with Crippen LogP contribution in [0.1, 0.15) is 48.8 Å². The number of rotatable bonds is 4. The number of aromatic nitrogens is 4. The molecule has 0 spiro atoms. The van der Waals surface area contributed by atoms with E-state index in [1.807, 2.05) is 13.0 Å². The standard InChI is InChI=1S/C18H20F3N5O/c1-11-10-15(25-16(23-11)12-2-3-12)26-8-5-13(6-9-26)27-17-22-7-4-14(24-17)18(19,20)21/h4,7,10,12-13H,2-3,5-6,8-9H2,1H3. The summed E-state index contributed by atoms with van der Waals surface area (Å²) in [5.74, 6) is 2.32. The SMILES string of the molecule is Cc1cc(N2CCC(Oc3nccc(C(F)(F)F)n3)CC2)nc(C2CC2)n1. The molecule has 0 bridgehead atoms. The monoisotopic (exact) mass is 379 g/mol. The van der Waals surface area contributed by atoms with E-state index in [0.717, 1.165) is 42.4 Å². The molecule has 2 aromatic rings. The van der Waals surface area contributed by atoms with Gasteiger partial charge < -0.3 is 9.64 Å². The lowest BCUT2D eigenvalue weighted by Gasteiger charge is -2.32. The number of ether oxygens (including phenoxy) is 1. The molecule has 0 unspecified atom stereocenters. The Hall–Kier alpha value is -2.45.